The van der Waals surface area contributed by atoms with Crippen LogP contribution in [0.25, 0.3) is 11.7 Å². The van der Waals surface area contributed by atoms with E-state index >= 15 is 0 Å². The van der Waals surface area contributed by atoms with Crippen molar-refractivity contribution in [1.29, 1.82) is 0 Å². The Bertz CT molecular complexity index is 1350. The number of piperidine rings is 1. The minimum Gasteiger partial charge on any atom is -0.481 e. The summed E-state index contributed by atoms with van der Waals surface area (Å²) >= 11 is 6.57. The minimum atomic E-state index is -0.839. The predicted octanol–water partition coefficient (Wildman–Crippen LogP) is 2.55. The number of pyridine rings is 1. The molecule has 0 unspecified atom stereocenters. The first-order valence-electron chi connectivity index (χ1n) is 12.2. The topological polar surface area (TPSA) is 138 Å². The highest BCUT2D eigenvalue weighted by molar-refractivity contribution is 8.26. The number of aliphatic carboxylic acids is 1. The maximum atomic E-state index is 13.6. The zero-order valence-electron chi connectivity index (χ0n) is 20.5. The van der Waals surface area contributed by atoms with Gasteiger partial charge in [-0.05, 0) is 50.3 Å². The molecule has 37 heavy (non-hydrogen) atoms. The van der Waals surface area contributed by atoms with Crippen molar-refractivity contribution in [1.82, 2.24) is 14.3 Å². The first-order chi connectivity index (χ1) is 17.7. The van der Waals surface area contributed by atoms with Gasteiger partial charge in [0.05, 0.1) is 10.5 Å². The fourth-order valence-electron chi connectivity index (χ4n) is 4.59. The molecule has 0 bridgehead atoms. The number of amides is 2. The van der Waals surface area contributed by atoms with E-state index in [4.69, 9.17) is 28.0 Å². The molecular formula is C25H29N5O5S2. The van der Waals surface area contributed by atoms with Gasteiger partial charge in [0.25, 0.3) is 11.5 Å². The third kappa shape index (κ3) is 5.85. The average molecular weight is 544 g/mol. The number of hydrogen-bond acceptors (Lipinski definition) is 8. The molecule has 0 atom stereocenters. The van der Waals surface area contributed by atoms with E-state index in [0.29, 0.717) is 78.0 Å². The van der Waals surface area contributed by atoms with Crippen LogP contribution in [0.4, 0.5) is 5.82 Å². The third-order valence-electron chi connectivity index (χ3n) is 6.68. The van der Waals surface area contributed by atoms with Gasteiger partial charge in [-0.1, -0.05) is 36.5 Å². The van der Waals surface area contributed by atoms with E-state index < -0.39 is 5.97 Å². The fraction of sp³-hybridized carbons (Fsp3) is 0.440. The van der Waals surface area contributed by atoms with E-state index in [1.165, 1.54) is 9.30 Å². The molecule has 4 heterocycles. The lowest BCUT2D eigenvalue weighted by Gasteiger charge is -2.32. The van der Waals surface area contributed by atoms with Crippen LogP contribution in [-0.2, 0) is 14.4 Å². The molecule has 0 spiro atoms. The van der Waals surface area contributed by atoms with Crippen LogP contribution in [0.15, 0.2) is 28.0 Å². The quantitative estimate of drug-likeness (QED) is 0.278. The molecule has 3 N–H and O–H groups in total. The van der Waals surface area contributed by atoms with Crippen LogP contribution in [0.5, 0.6) is 0 Å². The summed E-state index contributed by atoms with van der Waals surface area (Å²) in [4.78, 5) is 57.8. The van der Waals surface area contributed by atoms with Crippen LogP contribution in [-0.4, -0.2) is 61.1 Å². The second kappa shape index (κ2) is 11.4. The van der Waals surface area contributed by atoms with Crippen molar-refractivity contribution < 1.29 is 19.5 Å². The normalized spacial score (nSPS) is 17.8. The Labute approximate surface area is 223 Å². The number of fused-ring (bicyclic) bond motifs is 1. The van der Waals surface area contributed by atoms with Gasteiger partial charge in [0.15, 0.2) is 0 Å². The predicted molar refractivity (Wildman–Crippen MR) is 146 cm³/mol. The Hall–Kier alpha value is -3.25. The second-order valence-corrected chi connectivity index (χ2v) is 10.9. The van der Waals surface area contributed by atoms with Gasteiger partial charge in [0, 0.05) is 38.2 Å². The highest BCUT2D eigenvalue weighted by atomic mass is 32.2. The SMILES string of the molecule is Cc1cccn2c(=O)c(C=C3SC(=S)N(CCCCCC(=O)O)C3=O)c(N3CCC(C(N)=O)CC3)nc12. The average Bonchev–Trinajstić information content (AvgIpc) is 3.13. The Kier molecular flexibility index (Phi) is 8.28. The summed E-state index contributed by atoms with van der Waals surface area (Å²) in [6.07, 6.45) is 6.28. The van der Waals surface area contributed by atoms with E-state index in [9.17, 15) is 19.2 Å². The molecule has 0 radical (unpaired) electrons. The molecule has 0 saturated carbocycles. The monoisotopic (exact) mass is 543 g/mol. The summed E-state index contributed by atoms with van der Waals surface area (Å²) in [5, 5.41) is 8.79. The van der Waals surface area contributed by atoms with Crippen molar-refractivity contribution in [3.63, 3.8) is 0 Å². The van der Waals surface area contributed by atoms with Gasteiger partial charge in [-0.3, -0.25) is 28.5 Å². The number of carboxylic acids is 1. The van der Waals surface area contributed by atoms with Gasteiger partial charge in [0.2, 0.25) is 5.91 Å². The van der Waals surface area contributed by atoms with E-state index in [2.05, 4.69) is 0 Å². The number of carbonyl (C=O) groups is 3. The molecule has 2 amide bonds. The zero-order valence-corrected chi connectivity index (χ0v) is 22.1. The van der Waals surface area contributed by atoms with E-state index in [1.807, 2.05) is 17.9 Å². The number of rotatable bonds is 9. The maximum Gasteiger partial charge on any atom is 0.303 e. The molecule has 2 fully saturated rings. The van der Waals surface area contributed by atoms with Gasteiger partial charge in [0.1, 0.15) is 15.8 Å². The second-order valence-electron chi connectivity index (χ2n) is 9.24. The summed E-state index contributed by atoms with van der Waals surface area (Å²) < 4.78 is 1.88. The third-order valence-corrected chi connectivity index (χ3v) is 8.06. The van der Waals surface area contributed by atoms with Crippen molar-refractivity contribution in [2.45, 2.75) is 45.4 Å². The molecule has 0 aliphatic carbocycles. The molecule has 12 heteroatoms. The number of unbranched alkanes of at least 4 members (excludes halogenated alkanes) is 2. The fourth-order valence-corrected chi connectivity index (χ4v) is 5.88. The Morgan fingerprint density at radius 2 is 1.97 bits per heavy atom. The van der Waals surface area contributed by atoms with Gasteiger partial charge in [-0.15, -0.1) is 0 Å². The molecule has 2 aromatic heterocycles. The van der Waals surface area contributed by atoms with Crippen molar-refractivity contribution >= 4 is 63.6 Å². The van der Waals surface area contributed by atoms with Crippen LogP contribution in [0.3, 0.4) is 0 Å². The first kappa shape index (κ1) is 26.8. The number of primary amides is 1. The maximum absolute atomic E-state index is 13.6. The molecule has 2 aliphatic rings. The number of aromatic nitrogens is 2. The number of nitrogens with zero attached hydrogens (tertiary/aromatic N) is 4. The molecule has 2 saturated heterocycles. The lowest BCUT2D eigenvalue weighted by Crippen LogP contribution is -2.40. The molecule has 4 rings (SSSR count). The number of thiocarbonyl (C=S) groups is 1. The van der Waals surface area contributed by atoms with Gasteiger partial charge < -0.3 is 15.7 Å². The van der Waals surface area contributed by atoms with Crippen LogP contribution < -0.4 is 16.2 Å². The number of nitrogens with two attached hydrogens (primary N) is 1. The number of carboxylic acid groups (broad SMARTS) is 1. The van der Waals surface area contributed by atoms with E-state index in [-0.39, 0.29) is 29.7 Å². The number of anilines is 1. The Morgan fingerprint density at radius 1 is 1.24 bits per heavy atom. The highest BCUT2D eigenvalue weighted by Crippen LogP contribution is 2.34. The standard InChI is InChI=1S/C25H29N5O5S2/c1-15-6-5-11-29-21(15)27-22(28-12-8-16(9-13-28)20(26)33)17(23(29)34)14-18-24(35)30(25(36)37-18)10-4-2-3-7-19(31)32/h5-6,11,14,16H,2-4,7-10,12-13H2,1H3,(H2,26,33)(H,31,32). The van der Waals surface area contributed by atoms with Crippen molar-refractivity contribution in [2.75, 3.05) is 24.5 Å². The van der Waals surface area contributed by atoms with Crippen LogP contribution >= 0.6 is 24.0 Å². The van der Waals surface area contributed by atoms with Crippen molar-refractivity contribution in [3.05, 3.63) is 44.7 Å². The Balaban J connectivity index is 1.65. The van der Waals surface area contributed by atoms with Crippen LogP contribution in [0.1, 0.15) is 49.7 Å². The summed E-state index contributed by atoms with van der Waals surface area (Å²) in [7, 11) is 0. The first-order valence-corrected chi connectivity index (χ1v) is 13.4. The van der Waals surface area contributed by atoms with Crippen LogP contribution in [0.2, 0.25) is 0 Å². The van der Waals surface area contributed by atoms with Crippen molar-refractivity contribution in [3.8, 4) is 0 Å². The van der Waals surface area contributed by atoms with E-state index in [0.717, 1.165) is 17.3 Å². The molecule has 196 valence electrons. The van der Waals surface area contributed by atoms with Crippen LogP contribution in [0, 0.1) is 12.8 Å². The highest BCUT2D eigenvalue weighted by Gasteiger charge is 2.33. The molecule has 0 aromatic carbocycles. The lowest BCUT2D eigenvalue weighted by atomic mass is 9.96. The number of aryl methyl sites for hydroxylation is 1. The number of carbonyl (C=O) groups excluding carboxylic acids is 2. The summed E-state index contributed by atoms with van der Waals surface area (Å²) in [5.74, 6) is -1.18. The van der Waals surface area contributed by atoms with Gasteiger partial charge in [-0.2, -0.15) is 0 Å². The van der Waals surface area contributed by atoms with Crippen molar-refractivity contribution in [2.24, 2.45) is 11.7 Å². The zero-order chi connectivity index (χ0) is 26.7. The largest absolute Gasteiger partial charge is 0.481 e. The number of thioether (sulfide) groups is 1. The smallest absolute Gasteiger partial charge is 0.303 e. The molecule has 10 nitrogen and oxygen atoms in total. The Morgan fingerprint density at radius 3 is 2.65 bits per heavy atom. The minimum absolute atomic E-state index is 0.0934. The summed E-state index contributed by atoms with van der Waals surface area (Å²) in [6, 6.07) is 3.66. The molecule has 2 aliphatic heterocycles. The summed E-state index contributed by atoms with van der Waals surface area (Å²) in [6.45, 7) is 3.30. The molecular weight excluding hydrogens is 514 g/mol. The van der Waals surface area contributed by atoms with Gasteiger partial charge in [-0.25, -0.2) is 4.98 Å². The lowest BCUT2D eigenvalue weighted by molar-refractivity contribution is -0.137. The van der Waals surface area contributed by atoms with E-state index in [1.54, 1.807) is 18.3 Å². The number of hydrogen-bond donors (Lipinski definition) is 2. The van der Waals surface area contributed by atoms with Gasteiger partial charge >= 0.3 is 5.97 Å². The molecule has 2 aromatic rings. The summed E-state index contributed by atoms with van der Waals surface area (Å²) in [5.41, 5.74) is 6.87.